The molecule has 0 saturated carbocycles. The van der Waals surface area contributed by atoms with E-state index in [4.69, 9.17) is 0 Å². The summed E-state index contributed by atoms with van der Waals surface area (Å²) >= 11 is 0. The van der Waals surface area contributed by atoms with Gasteiger partial charge in [-0.05, 0) is 26.7 Å². The molecule has 0 saturated heterocycles. The number of hydrogen-bond donors (Lipinski definition) is 2. The van der Waals surface area contributed by atoms with Crippen molar-refractivity contribution in [3.05, 3.63) is 17.0 Å². The molecule has 17 heavy (non-hydrogen) atoms. The summed E-state index contributed by atoms with van der Waals surface area (Å²) in [6.07, 6.45) is 1.53. The Labute approximate surface area is 104 Å². The van der Waals surface area contributed by atoms with Crippen LogP contribution in [0, 0.1) is 13.8 Å². The molecule has 0 aromatic carbocycles. The third-order valence-electron chi connectivity index (χ3n) is 3.39. The lowest BCUT2D eigenvalue weighted by Crippen LogP contribution is -2.30. The Morgan fingerprint density at radius 3 is 2.35 bits per heavy atom. The van der Waals surface area contributed by atoms with Crippen LogP contribution in [0.5, 0.6) is 0 Å². The zero-order valence-electron chi connectivity index (χ0n) is 11.6. The molecular formula is C13H25N3O. The summed E-state index contributed by atoms with van der Waals surface area (Å²) in [7, 11) is 1.97. The Bertz CT molecular complexity index is 360. The first-order chi connectivity index (χ1) is 8.01. The first kappa shape index (κ1) is 14.2. The summed E-state index contributed by atoms with van der Waals surface area (Å²) in [5.74, 6) is 0. The van der Waals surface area contributed by atoms with Crippen LogP contribution >= 0.6 is 0 Å². The predicted octanol–water partition coefficient (Wildman–Crippen LogP) is 1.85. The smallest absolute Gasteiger partial charge is 0.0662 e. The number of nitrogens with one attached hydrogen (secondary N) is 1. The van der Waals surface area contributed by atoms with Crippen LogP contribution in [0.3, 0.4) is 0 Å². The third-order valence-corrected chi connectivity index (χ3v) is 3.39. The number of hydrogen-bond acceptors (Lipinski definition) is 3. The van der Waals surface area contributed by atoms with E-state index in [-0.39, 0.29) is 12.1 Å². The van der Waals surface area contributed by atoms with Crippen molar-refractivity contribution < 1.29 is 5.11 Å². The van der Waals surface area contributed by atoms with Crippen LogP contribution < -0.4 is 5.32 Å². The minimum atomic E-state index is -0.263. The molecule has 4 heteroatoms. The van der Waals surface area contributed by atoms with Gasteiger partial charge in [-0.3, -0.25) is 4.68 Å². The lowest BCUT2D eigenvalue weighted by atomic mass is 10.0. The maximum atomic E-state index is 9.61. The molecule has 0 amide bonds. The number of nitrogens with zero attached hydrogens (tertiary/aromatic N) is 2. The molecular weight excluding hydrogens is 214 g/mol. The van der Waals surface area contributed by atoms with Crippen molar-refractivity contribution in [2.24, 2.45) is 7.05 Å². The zero-order valence-corrected chi connectivity index (χ0v) is 11.6. The van der Waals surface area contributed by atoms with Gasteiger partial charge in [-0.15, -0.1) is 0 Å². The Kier molecular flexibility index (Phi) is 5.15. The molecule has 0 aliphatic heterocycles. The van der Waals surface area contributed by atoms with Crippen molar-refractivity contribution in [1.29, 1.82) is 0 Å². The number of aromatic nitrogens is 2. The van der Waals surface area contributed by atoms with Gasteiger partial charge in [0.15, 0.2) is 0 Å². The predicted molar refractivity (Wildman–Crippen MR) is 70.0 cm³/mol. The molecule has 2 unspecified atom stereocenters. The molecule has 2 atom stereocenters. The van der Waals surface area contributed by atoms with Crippen LogP contribution in [-0.4, -0.2) is 27.5 Å². The van der Waals surface area contributed by atoms with Gasteiger partial charge in [0.05, 0.1) is 11.8 Å². The van der Waals surface area contributed by atoms with Crippen LogP contribution in [0.4, 0.5) is 0 Å². The average molecular weight is 239 g/mol. The van der Waals surface area contributed by atoms with Gasteiger partial charge in [-0.1, -0.05) is 13.8 Å². The molecule has 1 aromatic heterocycles. The van der Waals surface area contributed by atoms with Gasteiger partial charge < -0.3 is 10.4 Å². The maximum absolute atomic E-state index is 9.61. The minimum Gasteiger partial charge on any atom is -0.392 e. The normalized spacial score (nSPS) is 14.9. The second-order valence-electron chi connectivity index (χ2n) is 4.64. The quantitative estimate of drug-likeness (QED) is 0.796. The van der Waals surface area contributed by atoms with Crippen molar-refractivity contribution in [2.75, 3.05) is 6.54 Å². The first-order valence-corrected chi connectivity index (χ1v) is 6.42. The lowest BCUT2D eigenvalue weighted by Gasteiger charge is -2.19. The average Bonchev–Trinajstić information content (AvgIpc) is 2.55. The monoisotopic (exact) mass is 239 g/mol. The van der Waals surface area contributed by atoms with Gasteiger partial charge in [0.1, 0.15) is 0 Å². The fraction of sp³-hybridized carbons (Fsp3) is 0.769. The maximum Gasteiger partial charge on any atom is 0.0662 e. The van der Waals surface area contributed by atoms with Crippen LogP contribution in [0.25, 0.3) is 0 Å². The molecule has 98 valence electrons. The van der Waals surface area contributed by atoms with E-state index in [1.807, 2.05) is 25.6 Å². The molecule has 0 bridgehead atoms. The standard InChI is InChI=1S/C13H25N3O/c1-6-11(17)8-14-12(7-2)13-9(3)15-16(5)10(13)4/h11-12,14,17H,6-8H2,1-5H3. The SMILES string of the molecule is CCC(O)CNC(CC)c1c(C)nn(C)c1C. The van der Waals surface area contributed by atoms with E-state index in [9.17, 15) is 5.11 Å². The van der Waals surface area contributed by atoms with E-state index < -0.39 is 0 Å². The summed E-state index contributed by atoms with van der Waals surface area (Å²) in [5, 5.41) is 17.5. The molecule has 1 heterocycles. The van der Waals surface area contributed by atoms with Gasteiger partial charge in [0, 0.05) is 30.9 Å². The Morgan fingerprint density at radius 2 is 1.94 bits per heavy atom. The van der Waals surface area contributed by atoms with Crippen LogP contribution in [-0.2, 0) is 7.05 Å². The first-order valence-electron chi connectivity index (χ1n) is 6.42. The fourth-order valence-electron chi connectivity index (χ4n) is 2.17. The highest BCUT2D eigenvalue weighted by atomic mass is 16.3. The minimum absolute atomic E-state index is 0.263. The van der Waals surface area contributed by atoms with Gasteiger partial charge in [-0.2, -0.15) is 5.10 Å². The van der Waals surface area contributed by atoms with E-state index in [0.717, 1.165) is 18.5 Å². The van der Waals surface area contributed by atoms with Crippen molar-refractivity contribution in [2.45, 2.75) is 52.7 Å². The molecule has 0 spiro atoms. The number of aliphatic hydroxyl groups is 1. The molecule has 1 aromatic rings. The Balaban J connectivity index is 2.79. The van der Waals surface area contributed by atoms with Crippen LogP contribution in [0.1, 0.15) is 49.7 Å². The highest BCUT2D eigenvalue weighted by Gasteiger charge is 2.18. The summed E-state index contributed by atoms with van der Waals surface area (Å²) in [4.78, 5) is 0. The number of aryl methyl sites for hydroxylation is 2. The van der Waals surface area contributed by atoms with Gasteiger partial charge >= 0.3 is 0 Å². The van der Waals surface area contributed by atoms with Gasteiger partial charge in [0.25, 0.3) is 0 Å². The van der Waals surface area contributed by atoms with E-state index in [0.29, 0.717) is 6.54 Å². The molecule has 4 nitrogen and oxygen atoms in total. The Hall–Kier alpha value is -0.870. The van der Waals surface area contributed by atoms with Gasteiger partial charge in [-0.25, -0.2) is 0 Å². The van der Waals surface area contributed by atoms with Crippen molar-refractivity contribution in [1.82, 2.24) is 15.1 Å². The summed E-state index contributed by atoms with van der Waals surface area (Å²) < 4.78 is 1.92. The summed E-state index contributed by atoms with van der Waals surface area (Å²) in [5.41, 5.74) is 3.56. The van der Waals surface area contributed by atoms with Crippen LogP contribution in [0.2, 0.25) is 0 Å². The highest BCUT2D eigenvalue weighted by molar-refractivity contribution is 5.28. The number of aliphatic hydroxyl groups excluding tert-OH is 1. The molecule has 0 fully saturated rings. The summed E-state index contributed by atoms with van der Waals surface area (Å²) in [6.45, 7) is 8.93. The largest absolute Gasteiger partial charge is 0.392 e. The lowest BCUT2D eigenvalue weighted by molar-refractivity contribution is 0.162. The van der Waals surface area contributed by atoms with Gasteiger partial charge in [0.2, 0.25) is 0 Å². The van der Waals surface area contributed by atoms with Crippen molar-refractivity contribution in [3.8, 4) is 0 Å². The second kappa shape index (κ2) is 6.17. The molecule has 1 rings (SSSR count). The fourth-order valence-corrected chi connectivity index (χ4v) is 2.17. The van der Waals surface area contributed by atoms with E-state index in [1.54, 1.807) is 0 Å². The van der Waals surface area contributed by atoms with E-state index in [2.05, 4.69) is 24.3 Å². The highest BCUT2D eigenvalue weighted by Crippen LogP contribution is 2.23. The molecule has 2 N–H and O–H groups in total. The molecule has 0 aliphatic rings. The van der Waals surface area contributed by atoms with Crippen LogP contribution in [0.15, 0.2) is 0 Å². The van der Waals surface area contributed by atoms with Crippen molar-refractivity contribution >= 4 is 0 Å². The molecule has 0 aliphatic carbocycles. The second-order valence-corrected chi connectivity index (χ2v) is 4.64. The zero-order chi connectivity index (χ0) is 13.0. The van der Waals surface area contributed by atoms with Crippen molar-refractivity contribution in [3.63, 3.8) is 0 Å². The topological polar surface area (TPSA) is 50.1 Å². The Morgan fingerprint density at radius 1 is 1.29 bits per heavy atom. The third kappa shape index (κ3) is 3.30. The van der Waals surface area contributed by atoms with E-state index in [1.165, 1.54) is 11.3 Å². The molecule has 0 radical (unpaired) electrons. The van der Waals surface area contributed by atoms with E-state index >= 15 is 0 Å². The summed E-state index contributed by atoms with van der Waals surface area (Å²) in [6, 6.07) is 0.282. The number of rotatable bonds is 6.